The van der Waals surface area contributed by atoms with Crippen LogP contribution in [0.1, 0.15) is 22.4 Å². The number of hydrogen-bond donors (Lipinski definition) is 1. The third-order valence-corrected chi connectivity index (χ3v) is 6.19. The van der Waals surface area contributed by atoms with Crippen LogP contribution in [0.15, 0.2) is 66.7 Å². The highest BCUT2D eigenvalue weighted by molar-refractivity contribution is 7.81. The Morgan fingerprint density at radius 2 is 1.46 bits per heavy atom. The second kappa shape index (κ2) is 10.3. The predicted molar refractivity (Wildman–Crippen MR) is 133 cm³/mol. The Morgan fingerprint density at radius 3 is 2.03 bits per heavy atom. The van der Waals surface area contributed by atoms with E-state index >= 15 is 0 Å². The summed E-state index contributed by atoms with van der Waals surface area (Å²) in [5, 5.41) is 11.6. The number of aromatic nitrogens is 3. The quantitative estimate of drug-likeness (QED) is 0.193. The van der Waals surface area contributed by atoms with Crippen LogP contribution >= 0.6 is 35.4 Å². The van der Waals surface area contributed by atoms with Gasteiger partial charge in [-0.25, -0.2) is 4.68 Å². The fourth-order valence-electron chi connectivity index (χ4n) is 3.51. The Kier molecular flexibility index (Phi) is 7.50. The van der Waals surface area contributed by atoms with E-state index in [0.717, 1.165) is 0 Å². The summed E-state index contributed by atoms with van der Waals surface area (Å²) in [7, 11) is 0. The van der Waals surface area contributed by atoms with Gasteiger partial charge < -0.3 is 5.32 Å². The number of nitrogens with one attached hydrogen (secondary N) is 1. The van der Waals surface area contributed by atoms with Crippen LogP contribution in [-0.2, 0) is 18.9 Å². The van der Waals surface area contributed by atoms with Gasteiger partial charge >= 0.3 is 12.4 Å². The van der Waals surface area contributed by atoms with Gasteiger partial charge in [-0.3, -0.25) is 0 Å². The maximum atomic E-state index is 13.3. The minimum atomic E-state index is -4.98. The fourth-order valence-corrected chi connectivity index (χ4v) is 4.06. The number of rotatable bonds is 5. The minimum Gasteiger partial charge on any atom is -0.345 e. The molecule has 4 aromatic rings. The Hall–Kier alpha value is -3.15. The van der Waals surface area contributed by atoms with Gasteiger partial charge in [0, 0.05) is 11.3 Å². The summed E-state index contributed by atoms with van der Waals surface area (Å²) in [6.45, 7) is -0.431. The first-order valence-electron chi connectivity index (χ1n) is 10.4. The van der Waals surface area contributed by atoms with Gasteiger partial charge in [-0.2, -0.15) is 26.3 Å². The summed E-state index contributed by atoms with van der Waals surface area (Å²) in [5.74, 6) is 0. The number of benzene rings is 3. The molecule has 3 aromatic carbocycles. The van der Waals surface area contributed by atoms with Gasteiger partial charge in [0.2, 0.25) is 0 Å². The second-order valence-electron chi connectivity index (χ2n) is 7.81. The third kappa shape index (κ3) is 6.23. The average molecular weight is 575 g/mol. The lowest BCUT2D eigenvalue weighted by Gasteiger charge is -2.15. The molecule has 0 aliphatic carbocycles. The molecule has 4 rings (SSSR count). The van der Waals surface area contributed by atoms with Crippen LogP contribution in [0.2, 0.25) is 10.0 Å². The number of nitrogens with zero attached hydrogens (tertiary/aromatic N) is 3. The van der Waals surface area contributed by atoms with Crippen molar-refractivity contribution >= 4 is 46.1 Å². The Bertz CT molecular complexity index is 1420. The summed E-state index contributed by atoms with van der Waals surface area (Å²) >= 11 is 17.5. The number of anilines is 1. The fraction of sp³-hybridized carbons (Fsp3) is 0.125. The molecule has 0 saturated heterocycles. The highest BCUT2D eigenvalue weighted by Gasteiger charge is 2.37. The lowest BCUT2D eigenvalue weighted by molar-refractivity contribution is -0.143. The molecule has 4 nitrogen and oxygen atoms in total. The van der Waals surface area contributed by atoms with Crippen LogP contribution in [0.4, 0.5) is 32.0 Å². The van der Waals surface area contributed by atoms with Crippen molar-refractivity contribution < 1.29 is 26.3 Å². The normalized spacial score (nSPS) is 12.0. The van der Waals surface area contributed by atoms with E-state index in [4.69, 9.17) is 35.4 Å². The zero-order valence-electron chi connectivity index (χ0n) is 18.3. The van der Waals surface area contributed by atoms with Crippen molar-refractivity contribution in [3.63, 3.8) is 0 Å². The summed E-state index contributed by atoms with van der Waals surface area (Å²) < 4.78 is 81.3. The van der Waals surface area contributed by atoms with Gasteiger partial charge in [0.1, 0.15) is 10.7 Å². The summed E-state index contributed by atoms with van der Waals surface area (Å²) in [5.41, 5.74) is -1.62. The second-order valence-corrected chi connectivity index (χ2v) is 9.03. The first-order valence-corrected chi connectivity index (χ1v) is 11.5. The zero-order chi connectivity index (χ0) is 27.0. The van der Waals surface area contributed by atoms with Crippen LogP contribution < -0.4 is 5.32 Å². The lowest BCUT2D eigenvalue weighted by Crippen LogP contribution is -2.14. The summed E-state index contributed by atoms with van der Waals surface area (Å²) in [6.07, 6.45) is -9.95. The molecule has 0 amide bonds. The SMILES string of the molecule is FC(F)(F)c1cc(Cn2nnc(C(=S)Nc3ccc(Cl)c(Cl)c3)c2-c2ccccc2)cc(C(F)(F)F)c1. The van der Waals surface area contributed by atoms with Crippen molar-refractivity contribution in [3.8, 4) is 11.3 Å². The third-order valence-electron chi connectivity index (χ3n) is 5.15. The molecule has 0 aliphatic heterocycles. The molecule has 0 atom stereocenters. The van der Waals surface area contributed by atoms with Crippen molar-refractivity contribution in [3.05, 3.63) is 99.2 Å². The van der Waals surface area contributed by atoms with Gasteiger partial charge in [-0.1, -0.05) is 71.0 Å². The van der Waals surface area contributed by atoms with E-state index in [1.807, 2.05) is 0 Å². The number of alkyl halides is 6. The van der Waals surface area contributed by atoms with E-state index in [9.17, 15) is 26.3 Å². The molecule has 0 fully saturated rings. The van der Waals surface area contributed by atoms with Gasteiger partial charge in [0.25, 0.3) is 0 Å². The maximum Gasteiger partial charge on any atom is 0.416 e. The molecular formula is C24H14Cl2F6N4S. The monoisotopic (exact) mass is 574 g/mol. The van der Waals surface area contributed by atoms with Crippen LogP contribution in [0.25, 0.3) is 11.3 Å². The highest BCUT2D eigenvalue weighted by atomic mass is 35.5. The Labute approximate surface area is 221 Å². The molecule has 0 unspecified atom stereocenters. The molecule has 0 aliphatic rings. The van der Waals surface area contributed by atoms with E-state index in [0.29, 0.717) is 34.1 Å². The molecule has 0 bridgehead atoms. The first kappa shape index (κ1) is 26.9. The summed E-state index contributed by atoms with van der Waals surface area (Å²) in [4.78, 5) is 0.100. The smallest absolute Gasteiger partial charge is 0.345 e. The van der Waals surface area contributed by atoms with Crippen LogP contribution in [0.3, 0.4) is 0 Å². The molecule has 0 spiro atoms. The van der Waals surface area contributed by atoms with Gasteiger partial charge in [-0.15, -0.1) is 5.10 Å². The van der Waals surface area contributed by atoms with Crippen molar-refractivity contribution in [1.82, 2.24) is 15.0 Å². The van der Waals surface area contributed by atoms with E-state index in [2.05, 4.69) is 15.6 Å². The predicted octanol–water partition coefficient (Wildman–Crippen LogP) is 8.13. The lowest BCUT2D eigenvalue weighted by atomic mass is 10.0. The Morgan fingerprint density at radius 1 is 0.838 bits per heavy atom. The van der Waals surface area contributed by atoms with E-state index in [1.165, 1.54) is 10.7 Å². The maximum absolute atomic E-state index is 13.3. The van der Waals surface area contributed by atoms with E-state index in [1.54, 1.807) is 42.5 Å². The molecule has 13 heteroatoms. The zero-order valence-corrected chi connectivity index (χ0v) is 20.7. The molecular weight excluding hydrogens is 561 g/mol. The van der Waals surface area contributed by atoms with Crippen LogP contribution in [0.5, 0.6) is 0 Å². The number of hydrogen-bond acceptors (Lipinski definition) is 3. The van der Waals surface area contributed by atoms with Gasteiger partial charge in [0.05, 0.1) is 33.4 Å². The number of halogens is 8. The molecule has 1 aromatic heterocycles. The minimum absolute atomic E-state index is 0.0741. The van der Waals surface area contributed by atoms with Gasteiger partial charge in [-0.05, 0) is 42.0 Å². The topological polar surface area (TPSA) is 42.7 Å². The van der Waals surface area contributed by atoms with Crippen molar-refractivity contribution in [1.29, 1.82) is 0 Å². The standard InChI is InChI=1S/C24H14Cl2F6N4S/c25-18-7-6-17(11-19(18)26)33-22(37)20-21(14-4-2-1-3-5-14)36(35-34-20)12-13-8-15(23(27,28)29)10-16(9-13)24(30,31)32/h1-11H,12H2,(H,33,37). The van der Waals surface area contributed by atoms with Crippen LogP contribution in [-0.4, -0.2) is 20.0 Å². The van der Waals surface area contributed by atoms with Crippen LogP contribution in [0, 0.1) is 0 Å². The van der Waals surface area contributed by atoms with Crippen molar-refractivity contribution in [2.24, 2.45) is 0 Å². The summed E-state index contributed by atoms with van der Waals surface area (Å²) in [6, 6.07) is 14.6. The molecule has 192 valence electrons. The largest absolute Gasteiger partial charge is 0.416 e. The molecule has 1 heterocycles. The van der Waals surface area contributed by atoms with Crippen molar-refractivity contribution in [2.75, 3.05) is 5.32 Å². The van der Waals surface area contributed by atoms with Crippen molar-refractivity contribution in [2.45, 2.75) is 18.9 Å². The molecule has 1 N–H and O–H groups in total. The highest BCUT2D eigenvalue weighted by Crippen LogP contribution is 2.37. The molecule has 37 heavy (non-hydrogen) atoms. The average Bonchev–Trinajstić information content (AvgIpc) is 3.24. The molecule has 0 saturated carbocycles. The van der Waals surface area contributed by atoms with E-state index in [-0.39, 0.29) is 27.3 Å². The van der Waals surface area contributed by atoms with E-state index < -0.39 is 30.0 Å². The number of thiocarbonyl (C=S) groups is 1. The Balaban J connectivity index is 1.77. The molecule has 0 radical (unpaired) electrons. The first-order chi connectivity index (χ1) is 17.3. The van der Waals surface area contributed by atoms with Gasteiger partial charge in [0.15, 0.2) is 0 Å².